The summed E-state index contributed by atoms with van der Waals surface area (Å²) >= 11 is 0. The van der Waals surface area contributed by atoms with E-state index in [0.29, 0.717) is 6.54 Å². The molecule has 0 atom stereocenters. The molecule has 0 saturated carbocycles. The molecule has 0 saturated heterocycles. The highest BCUT2D eigenvalue weighted by atomic mass is 16.4. The number of carboxylic acid groups (broad SMARTS) is 1. The van der Waals surface area contributed by atoms with Crippen LogP contribution in [0, 0.1) is 13.8 Å². The highest BCUT2D eigenvalue weighted by molar-refractivity contribution is 6.15. The second kappa shape index (κ2) is 8.91. The Hall–Kier alpha value is -4.12. The second-order valence-corrected chi connectivity index (χ2v) is 8.79. The van der Waals surface area contributed by atoms with Crippen LogP contribution in [-0.4, -0.2) is 24.2 Å². The summed E-state index contributed by atoms with van der Waals surface area (Å²) < 4.78 is 6.47. The number of hydrogen-bond acceptors (Lipinski definition) is 4. The number of anilines is 1. The molecule has 35 heavy (non-hydrogen) atoms. The molecule has 5 heteroatoms. The molecule has 0 fully saturated rings. The Morgan fingerprint density at radius 2 is 1.74 bits per heavy atom. The average Bonchev–Trinajstić information content (AvgIpc) is 2.84. The Kier molecular flexibility index (Phi) is 5.77. The molecule has 0 bridgehead atoms. The van der Waals surface area contributed by atoms with Crippen molar-refractivity contribution >= 4 is 33.4 Å². The summed E-state index contributed by atoms with van der Waals surface area (Å²) in [6, 6.07) is 19.7. The maximum absolute atomic E-state index is 12.2. The third-order valence-corrected chi connectivity index (χ3v) is 6.48. The van der Waals surface area contributed by atoms with E-state index in [1.54, 1.807) is 12.1 Å². The van der Waals surface area contributed by atoms with Crippen LogP contribution in [0.25, 0.3) is 44.2 Å². The summed E-state index contributed by atoms with van der Waals surface area (Å²) in [5.41, 5.74) is 6.98. The first-order chi connectivity index (χ1) is 16.9. The van der Waals surface area contributed by atoms with Crippen LogP contribution in [-0.2, 0) is 0 Å². The van der Waals surface area contributed by atoms with E-state index in [2.05, 4.69) is 36.3 Å². The van der Waals surface area contributed by atoms with E-state index in [4.69, 9.17) is 4.42 Å². The number of nitrogens with zero attached hydrogens (tertiary/aromatic N) is 1. The molecule has 176 valence electrons. The maximum atomic E-state index is 12.2. The topological polar surface area (TPSA) is 74.8 Å². The van der Waals surface area contributed by atoms with Gasteiger partial charge in [0.05, 0.1) is 10.9 Å². The first-order valence-electron chi connectivity index (χ1n) is 11.9. The lowest BCUT2D eigenvalue weighted by atomic mass is 9.87. The molecule has 0 spiro atoms. The van der Waals surface area contributed by atoms with Gasteiger partial charge in [0.2, 0.25) is 0 Å². The first kappa shape index (κ1) is 22.7. The zero-order valence-electron chi connectivity index (χ0n) is 20.4. The summed E-state index contributed by atoms with van der Waals surface area (Å²) in [6.45, 7) is 9.69. The third-order valence-electron chi connectivity index (χ3n) is 6.48. The minimum Gasteiger partial charge on any atom is -0.478 e. The highest BCUT2D eigenvalue weighted by Crippen LogP contribution is 2.44. The maximum Gasteiger partial charge on any atom is 0.336 e. The molecule has 3 aromatic rings. The van der Waals surface area contributed by atoms with Gasteiger partial charge in [0.1, 0.15) is 11.3 Å². The summed E-state index contributed by atoms with van der Waals surface area (Å²) in [4.78, 5) is 16.9. The fourth-order valence-corrected chi connectivity index (χ4v) is 4.93. The van der Waals surface area contributed by atoms with Gasteiger partial charge in [-0.15, -0.1) is 0 Å². The summed E-state index contributed by atoms with van der Waals surface area (Å²) in [6.07, 6.45) is 0. The molecule has 1 heterocycles. The Balaban J connectivity index is 2.01. The lowest BCUT2D eigenvalue weighted by molar-refractivity contribution is 0.0699. The summed E-state index contributed by atoms with van der Waals surface area (Å²) in [7, 11) is 0. The third kappa shape index (κ3) is 3.83. The minimum atomic E-state index is -0.942. The lowest BCUT2D eigenvalue weighted by Crippen LogP contribution is -2.09. The van der Waals surface area contributed by atoms with Crippen molar-refractivity contribution in [3.63, 3.8) is 0 Å². The molecule has 1 aliphatic carbocycles. The van der Waals surface area contributed by atoms with Gasteiger partial charge in [-0.1, -0.05) is 30.3 Å². The van der Waals surface area contributed by atoms with E-state index in [9.17, 15) is 9.90 Å². The van der Waals surface area contributed by atoms with Gasteiger partial charge in [0.15, 0.2) is 0 Å². The molecule has 2 aliphatic rings. The Morgan fingerprint density at radius 1 is 0.971 bits per heavy atom. The fraction of sp³-hybridized carbons (Fsp3) is 0.200. The molecule has 0 unspecified atom stereocenters. The molecule has 0 amide bonds. The Morgan fingerprint density at radius 3 is 2.46 bits per heavy atom. The van der Waals surface area contributed by atoms with Crippen LogP contribution >= 0.6 is 0 Å². The van der Waals surface area contributed by atoms with Crippen molar-refractivity contribution < 1.29 is 14.3 Å². The number of hydrogen-bond donors (Lipinski definition) is 2. The van der Waals surface area contributed by atoms with Gasteiger partial charge in [-0.05, 0) is 68.0 Å². The minimum absolute atomic E-state index is 0.288. The van der Waals surface area contributed by atoms with Crippen LogP contribution in [0.15, 0.2) is 70.1 Å². The van der Waals surface area contributed by atoms with Gasteiger partial charge in [0, 0.05) is 52.8 Å². The highest BCUT2D eigenvalue weighted by Gasteiger charge is 2.22. The van der Waals surface area contributed by atoms with Gasteiger partial charge < -0.3 is 14.8 Å². The van der Waals surface area contributed by atoms with E-state index in [-0.39, 0.29) is 5.56 Å². The molecule has 5 rings (SSSR count). The quantitative estimate of drug-likeness (QED) is 0.274. The number of aromatic carboxylic acids is 1. The van der Waals surface area contributed by atoms with Crippen LogP contribution in [0.3, 0.4) is 0 Å². The van der Waals surface area contributed by atoms with E-state index in [1.165, 1.54) is 0 Å². The molecule has 2 N–H and O–H groups in total. The van der Waals surface area contributed by atoms with Crippen molar-refractivity contribution in [1.29, 1.82) is 0 Å². The number of fused-ring (bicyclic) bond motifs is 3. The lowest BCUT2D eigenvalue weighted by Gasteiger charge is -2.20. The molecule has 0 radical (unpaired) electrons. The number of carbonyl (C=O) groups is 1. The fourth-order valence-electron chi connectivity index (χ4n) is 4.93. The van der Waals surface area contributed by atoms with Gasteiger partial charge in [-0.3, -0.25) is 4.99 Å². The van der Waals surface area contributed by atoms with Crippen LogP contribution in [0.4, 0.5) is 5.69 Å². The molecular weight excluding hydrogens is 436 g/mol. The van der Waals surface area contributed by atoms with Gasteiger partial charge >= 0.3 is 5.97 Å². The zero-order chi connectivity index (χ0) is 24.7. The SMILES string of the molecule is CC/N=c1\cc2oc3cc(NCC)c(C)cc3c(-c3cccc4cccc(C(=O)O)c34)c-2cc1C. The van der Waals surface area contributed by atoms with E-state index < -0.39 is 5.97 Å². The molecular formula is C30H28N2O3. The monoisotopic (exact) mass is 464 g/mol. The van der Waals surface area contributed by atoms with E-state index >= 15 is 0 Å². The van der Waals surface area contributed by atoms with Crippen molar-refractivity contribution in [1.82, 2.24) is 0 Å². The average molecular weight is 465 g/mol. The van der Waals surface area contributed by atoms with Gasteiger partial charge in [-0.25, -0.2) is 4.79 Å². The normalized spacial score (nSPS) is 12.1. The first-order valence-corrected chi connectivity index (χ1v) is 11.9. The van der Waals surface area contributed by atoms with Crippen LogP contribution in [0.1, 0.15) is 35.3 Å². The molecule has 5 nitrogen and oxygen atoms in total. The predicted octanol–water partition coefficient (Wildman–Crippen LogP) is 7.03. The van der Waals surface area contributed by atoms with Gasteiger partial charge in [-0.2, -0.15) is 0 Å². The smallest absolute Gasteiger partial charge is 0.336 e. The Bertz CT molecular complexity index is 1640. The Labute approximate surface area is 204 Å². The van der Waals surface area contributed by atoms with Crippen LogP contribution in [0.5, 0.6) is 0 Å². The van der Waals surface area contributed by atoms with Crippen LogP contribution in [0.2, 0.25) is 0 Å². The number of carboxylic acids is 1. The predicted molar refractivity (Wildman–Crippen MR) is 142 cm³/mol. The molecule has 3 aromatic carbocycles. The van der Waals surface area contributed by atoms with Gasteiger partial charge in [0.25, 0.3) is 0 Å². The van der Waals surface area contributed by atoms with Crippen molar-refractivity contribution in [2.75, 3.05) is 18.4 Å². The standard InChI is InChI=1S/C30H28N2O3/c1-5-31-24-15-26-22(13-17(24)3)29(23-14-18(4)25(32-6-2)16-27(23)35-26)20-11-7-9-19-10-8-12-21(28(19)20)30(33)34/h7-16,31H,5-6H2,1-4H3,(H,33,34)/b32-25+. The zero-order valence-corrected chi connectivity index (χ0v) is 20.4. The van der Waals surface area contributed by atoms with Crippen molar-refractivity contribution in [2.45, 2.75) is 27.7 Å². The largest absolute Gasteiger partial charge is 0.478 e. The van der Waals surface area contributed by atoms with E-state index in [0.717, 1.165) is 72.9 Å². The number of aryl methyl sites for hydroxylation is 2. The van der Waals surface area contributed by atoms with Crippen LogP contribution < -0.4 is 10.7 Å². The summed E-state index contributed by atoms with van der Waals surface area (Å²) in [5, 5.41) is 16.9. The number of benzene rings is 4. The number of nitrogens with one attached hydrogen (secondary N) is 1. The van der Waals surface area contributed by atoms with Crippen molar-refractivity contribution in [2.24, 2.45) is 4.99 Å². The molecule has 0 aromatic heterocycles. The van der Waals surface area contributed by atoms with Crippen molar-refractivity contribution in [3.05, 3.63) is 82.7 Å². The molecule has 1 aliphatic heterocycles. The van der Waals surface area contributed by atoms with E-state index in [1.807, 2.05) is 50.2 Å². The second-order valence-electron chi connectivity index (χ2n) is 8.79. The van der Waals surface area contributed by atoms with Crippen molar-refractivity contribution in [3.8, 4) is 22.5 Å². The summed E-state index contributed by atoms with van der Waals surface area (Å²) in [5.74, 6) is -0.218. The number of rotatable bonds is 5.